The van der Waals surface area contributed by atoms with E-state index in [1.54, 1.807) is 42.3 Å². The number of carbonyl (C=O) groups is 1. The van der Waals surface area contributed by atoms with E-state index in [0.717, 1.165) is 5.69 Å². The average Bonchev–Trinajstić information content (AvgIpc) is 3.41. The zero-order valence-corrected chi connectivity index (χ0v) is 23.5. The van der Waals surface area contributed by atoms with Gasteiger partial charge in [-0.15, -0.1) is 5.10 Å². The van der Waals surface area contributed by atoms with E-state index in [1.165, 1.54) is 10.7 Å². The van der Waals surface area contributed by atoms with Crippen LogP contribution in [0.3, 0.4) is 0 Å². The fourth-order valence-corrected chi connectivity index (χ4v) is 5.24. The quantitative estimate of drug-likeness (QED) is 0.301. The molecule has 4 heterocycles. The molecule has 4 aromatic rings. The fourth-order valence-electron chi connectivity index (χ4n) is 4.12. The fraction of sp³-hybridized carbons (Fsp3) is 0.385. The largest absolute Gasteiger partial charge is 0.541 e. The number of hydrogen-bond acceptors (Lipinski definition) is 5. The van der Waals surface area contributed by atoms with Gasteiger partial charge in [-0.2, -0.15) is 5.10 Å². The summed E-state index contributed by atoms with van der Waals surface area (Å²) in [5.41, 5.74) is 2.40. The number of fused-ring (bicyclic) bond motifs is 1. The van der Waals surface area contributed by atoms with Crippen LogP contribution in [-0.2, 0) is 11.8 Å². The van der Waals surface area contributed by atoms with Crippen molar-refractivity contribution in [2.24, 2.45) is 13.0 Å². The average molecular weight is 541 g/mol. The highest BCUT2D eigenvalue weighted by molar-refractivity contribution is 6.74. The van der Waals surface area contributed by atoms with Crippen LogP contribution in [0.4, 0.5) is 10.2 Å². The molecule has 1 aliphatic carbocycles. The van der Waals surface area contributed by atoms with E-state index in [9.17, 15) is 4.79 Å². The third kappa shape index (κ3) is 4.87. The first kappa shape index (κ1) is 25.4. The second kappa shape index (κ2) is 8.95. The summed E-state index contributed by atoms with van der Waals surface area (Å²) in [6, 6.07) is 7.04. The minimum absolute atomic E-state index is 0.0225. The molecule has 2 atom stereocenters. The number of halogens is 2. The lowest BCUT2D eigenvalue weighted by Crippen LogP contribution is -2.43. The molecule has 1 N–H and O–H groups in total. The topological polar surface area (TPSA) is 86.3 Å². The molecule has 11 heteroatoms. The maximum absolute atomic E-state index is 15.3. The van der Waals surface area contributed by atoms with Gasteiger partial charge >= 0.3 is 0 Å². The first-order chi connectivity index (χ1) is 17.3. The van der Waals surface area contributed by atoms with Crippen molar-refractivity contribution in [3.63, 3.8) is 0 Å². The van der Waals surface area contributed by atoms with Crippen LogP contribution in [-0.4, -0.2) is 38.6 Å². The Morgan fingerprint density at radius 3 is 2.68 bits per heavy atom. The van der Waals surface area contributed by atoms with Gasteiger partial charge in [0.2, 0.25) is 5.91 Å². The van der Waals surface area contributed by atoms with E-state index in [4.69, 9.17) is 16.0 Å². The lowest BCUT2D eigenvalue weighted by molar-refractivity contribution is -0.117. The van der Waals surface area contributed by atoms with E-state index < -0.39 is 14.1 Å². The number of rotatable bonds is 6. The molecule has 0 unspecified atom stereocenters. The van der Waals surface area contributed by atoms with Gasteiger partial charge in [0.15, 0.2) is 17.4 Å². The van der Waals surface area contributed by atoms with Crippen LogP contribution in [0.1, 0.15) is 38.8 Å². The summed E-state index contributed by atoms with van der Waals surface area (Å²) < 4.78 is 24.9. The van der Waals surface area contributed by atoms with Gasteiger partial charge in [0.05, 0.1) is 22.9 Å². The van der Waals surface area contributed by atoms with Gasteiger partial charge in [0.1, 0.15) is 5.69 Å². The third-order valence-electron chi connectivity index (χ3n) is 7.39. The predicted octanol–water partition coefficient (Wildman–Crippen LogP) is 6.05. The summed E-state index contributed by atoms with van der Waals surface area (Å²) in [4.78, 5) is 17.1. The van der Waals surface area contributed by atoms with Crippen molar-refractivity contribution in [2.45, 2.75) is 51.2 Å². The van der Waals surface area contributed by atoms with Gasteiger partial charge in [-0.1, -0.05) is 32.4 Å². The van der Waals surface area contributed by atoms with Crippen LogP contribution in [0.15, 0.2) is 42.9 Å². The maximum Gasteiger partial charge on any atom is 0.250 e. The SMILES string of the molecule is Cn1ncc(O[Si](C)(C)C(C)(C)C)c1-c1cc2cc(NC(=O)[C@H]3C[C@H]3c3ccc(Cl)cn3)nn2cc1F. The Hall–Kier alpha value is -3.24. The van der Waals surface area contributed by atoms with Crippen molar-refractivity contribution >= 4 is 37.2 Å². The smallest absolute Gasteiger partial charge is 0.250 e. The molecule has 1 fully saturated rings. The van der Waals surface area contributed by atoms with E-state index in [0.29, 0.717) is 39.8 Å². The molecule has 1 aliphatic rings. The molecule has 0 saturated heterocycles. The normalized spacial score (nSPS) is 17.7. The van der Waals surface area contributed by atoms with Gasteiger partial charge in [0.25, 0.3) is 8.32 Å². The number of nitrogens with one attached hydrogen (secondary N) is 1. The number of amides is 1. The molecule has 5 rings (SSSR count). The summed E-state index contributed by atoms with van der Waals surface area (Å²) in [6.07, 6.45) is 5.25. The maximum atomic E-state index is 15.3. The second-order valence-electron chi connectivity index (χ2n) is 11.1. The number of nitrogens with zero attached hydrogens (tertiary/aromatic N) is 5. The zero-order chi connectivity index (χ0) is 26.7. The number of aryl methyl sites for hydroxylation is 1. The van der Waals surface area contributed by atoms with Crippen LogP contribution in [0, 0.1) is 11.7 Å². The first-order valence-corrected chi connectivity index (χ1v) is 15.5. The van der Waals surface area contributed by atoms with Gasteiger partial charge in [-0.05, 0) is 42.8 Å². The Morgan fingerprint density at radius 2 is 2.00 bits per heavy atom. The molecular formula is C26H30ClFN6O2Si. The molecule has 1 saturated carbocycles. The van der Waals surface area contributed by atoms with Crippen LogP contribution < -0.4 is 9.74 Å². The molecule has 0 bridgehead atoms. The van der Waals surface area contributed by atoms with Crippen LogP contribution in [0.5, 0.6) is 5.75 Å². The number of anilines is 1. The molecule has 0 aliphatic heterocycles. The summed E-state index contributed by atoms with van der Waals surface area (Å²) in [5, 5.41) is 12.1. The van der Waals surface area contributed by atoms with E-state index in [2.05, 4.69) is 54.4 Å². The summed E-state index contributed by atoms with van der Waals surface area (Å²) in [5.74, 6) is 0.188. The van der Waals surface area contributed by atoms with E-state index in [1.807, 2.05) is 6.07 Å². The monoisotopic (exact) mass is 540 g/mol. The van der Waals surface area contributed by atoms with Crippen LogP contribution >= 0.6 is 11.6 Å². The highest BCUT2D eigenvalue weighted by atomic mass is 35.5. The molecular weight excluding hydrogens is 511 g/mol. The zero-order valence-electron chi connectivity index (χ0n) is 21.7. The molecule has 0 aromatic carbocycles. The van der Waals surface area contributed by atoms with Gasteiger partial charge in [0, 0.05) is 42.4 Å². The number of pyridine rings is 2. The van der Waals surface area contributed by atoms with Crippen molar-refractivity contribution in [1.29, 1.82) is 0 Å². The van der Waals surface area contributed by atoms with Gasteiger partial charge in [-0.3, -0.25) is 14.5 Å². The lowest BCUT2D eigenvalue weighted by Gasteiger charge is -2.36. The van der Waals surface area contributed by atoms with Crippen LogP contribution in [0.2, 0.25) is 23.2 Å². The highest BCUT2D eigenvalue weighted by Crippen LogP contribution is 2.47. The van der Waals surface area contributed by atoms with Gasteiger partial charge in [-0.25, -0.2) is 8.91 Å². The Bertz CT molecular complexity index is 1490. The summed E-state index contributed by atoms with van der Waals surface area (Å²) in [7, 11) is -0.407. The molecule has 4 aromatic heterocycles. The highest BCUT2D eigenvalue weighted by Gasteiger charge is 2.45. The third-order valence-corrected chi connectivity index (χ3v) is 12.0. The van der Waals surface area contributed by atoms with Crippen molar-refractivity contribution in [1.82, 2.24) is 24.4 Å². The Kier molecular flexibility index (Phi) is 6.15. The Labute approximate surface area is 220 Å². The van der Waals surface area contributed by atoms with Crippen molar-refractivity contribution in [3.05, 3.63) is 59.4 Å². The Morgan fingerprint density at radius 1 is 1.24 bits per heavy atom. The summed E-state index contributed by atoms with van der Waals surface area (Å²) >= 11 is 5.91. The van der Waals surface area contributed by atoms with Crippen LogP contribution in [0.25, 0.3) is 16.8 Å². The second-order valence-corrected chi connectivity index (χ2v) is 16.3. The van der Waals surface area contributed by atoms with Gasteiger partial charge < -0.3 is 9.74 Å². The minimum Gasteiger partial charge on any atom is -0.541 e. The molecule has 0 radical (unpaired) electrons. The minimum atomic E-state index is -2.17. The first-order valence-electron chi connectivity index (χ1n) is 12.2. The molecule has 0 spiro atoms. The van der Waals surface area contributed by atoms with Crippen molar-refractivity contribution in [2.75, 3.05) is 5.32 Å². The molecule has 1 amide bonds. The number of hydrogen-bond donors (Lipinski definition) is 1. The summed E-state index contributed by atoms with van der Waals surface area (Å²) in [6.45, 7) is 10.7. The predicted molar refractivity (Wildman–Crippen MR) is 144 cm³/mol. The number of carbonyl (C=O) groups excluding carboxylic acids is 1. The molecule has 194 valence electrons. The Balaban J connectivity index is 1.38. The van der Waals surface area contributed by atoms with E-state index >= 15 is 4.39 Å². The van der Waals surface area contributed by atoms with E-state index in [-0.39, 0.29) is 22.8 Å². The molecule has 8 nitrogen and oxygen atoms in total. The van der Waals surface area contributed by atoms with Crippen molar-refractivity contribution < 1.29 is 13.6 Å². The molecule has 37 heavy (non-hydrogen) atoms. The van der Waals surface area contributed by atoms with Crippen molar-refractivity contribution in [3.8, 4) is 17.0 Å². The number of aromatic nitrogens is 5. The lowest BCUT2D eigenvalue weighted by atomic mass is 10.1. The standard InChI is InChI=1S/C26H30ClFN6O2Si/c1-26(2,3)37(5,6)36-22-13-30-33(4)24(22)19-9-16-10-23(32-34(16)14-20(19)28)31-25(35)18-11-17(18)21-8-7-15(27)12-29-21/h7-10,12-14,17-18H,11H2,1-6H3,(H,31,32,35)/t17-,18+/m1/s1.